The zero-order chi connectivity index (χ0) is 14.0. The largest absolute Gasteiger partial charge is 0.394 e. The summed E-state index contributed by atoms with van der Waals surface area (Å²) in [5, 5.41) is 20.1. The Morgan fingerprint density at radius 3 is 1.37 bits per heavy atom. The van der Waals surface area contributed by atoms with Crippen molar-refractivity contribution in [3.05, 3.63) is 0 Å². The van der Waals surface area contributed by atoms with E-state index in [-0.39, 0.29) is 13.2 Å². The van der Waals surface area contributed by atoms with Crippen LogP contribution in [-0.2, 0) is 18.9 Å². The second-order valence-electron chi connectivity index (χ2n) is 3.65. The van der Waals surface area contributed by atoms with Gasteiger partial charge in [0.25, 0.3) is 0 Å². The quantitative estimate of drug-likeness (QED) is 0.301. The van der Waals surface area contributed by atoms with E-state index in [1.54, 1.807) is 0 Å². The van der Waals surface area contributed by atoms with Gasteiger partial charge in [-0.1, -0.05) is 0 Å². The fraction of sp³-hybridized carbons (Fsp3) is 1.00. The van der Waals surface area contributed by atoms with E-state index < -0.39 is 0 Å². The number of aliphatic hydroxyl groups excluding tert-OH is 2. The standard InChI is InChI=1S/C12H27NO6/c14-3-7-16-5-1-13-2-6-17-9-11-19-12-10-18-8-4-15/h13-15H,1-12H2. The molecule has 0 saturated heterocycles. The third-order valence-corrected chi connectivity index (χ3v) is 2.06. The summed E-state index contributed by atoms with van der Waals surface area (Å²) < 4.78 is 20.7. The van der Waals surface area contributed by atoms with Crippen LogP contribution in [0.3, 0.4) is 0 Å². The van der Waals surface area contributed by atoms with E-state index in [1.807, 2.05) is 0 Å². The van der Waals surface area contributed by atoms with Crippen LogP contribution in [0.1, 0.15) is 0 Å². The molecule has 0 aromatic rings. The van der Waals surface area contributed by atoms with Crippen molar-refractivity contribution in [2.75, 3.05) is 79.2 Å². The van der Waals surface area contributed by atoms with Gasteiger partial charge in [0.2, 0.25) is 0 Å². The Morgan fingerprint density at radius 2 is 0.895 bits per heavy atom. The van der Waals surface area contributed by atoms with Gasteiger partial charge in [0.1, 0.15) is 0 Å². The number of aliphatic hydroxyl groups is 2. The summed E-state index contributed by atoms with van der Waals surface area (Å²) in [5.74, 6) is 0. The van der Waals surface area contributed by atoms with Crippen LogP contribution in [0.5, 0.6) is 0 Å². The van der Waals surface area contributed by atoms with Gasteiger partial charge in [-0.05, 0) is 0 Å². The molecule has 0 saturated carbocycles. The minimum atomic E-state index is 0.0428. The number of ether oxygens (including phenoxy) is 4. The highest BCUT2D eigenvalue weighted by Gasteiger charge is 1.92. The molecule has 0 atom stereocenters. The molecular weight excluding hydrogens is 254 g/mol. The molecule has 0 heterocycles. The van der Waals surface area contributed by atoms with Gasteiger partial charge < -0.3 is 34.5 Å². The van der Waals surface area contributed by atoms with Gasteiger partial charge in [-0.3, -0.25) is 0 Å². The summed E-state index contributed by atoms with van der Waals surface area (Å²) in [4.78, 5) is 0. The predicted molar refractivity (Wildman–Crippen MR) is 70.3 cm³/mol. The SMILES string of the molecule is OCCOCCNCCOCCOCCOCCO. The Labute approximate surface area is 114 Å². The van der Waals surface area contributed by atoms with E-state index in [9.17, 15) is 0 Å². The van der Waals surface area contributed by atoms with Gasteiger partial charge in [0.15, 0.2) is 0 Å². The van der Waals surface area contributed by atoms with Crippen molar-refractivity contribution in [2.45, 2.75) is 0 Å². The first-order chi connectivity index (χ1) is 9.41. The highest BCUT2D eigenvalue weighted by atomic mass is 16.5. The number of hydrogen-bond donors (Lipinski definition) is 3. The van der Waals surface area contributed by atoms with Crippen molar-refractivity contribution in [1.29, 1.82) is 0 Å². The van der Waals surface area contributed by atoms with Crippen molar-refractivity contribution in [3.63, 3.8) is 0 Å². The molecule has 0 rings (SSSR count). The summed E-state index contributed by atoms with van der Waals surface area (Å²) >= 11 is 0. The molecule has 0 fully saturated rings. The Kier molecular flexibility index (Phi) is 17.5. The summed E-state index contributed by atoms with van der Waals surface area (Å²) in [6, 6.07) is 0. The zero-order valence-corrected chi connectivity index (χ0v) is 11.5. The second-order valence-corrected chi connectivity index (χ2v) is 3.65. The second kappa shape index (κ2) is 17.7. The maximum Gasteiger partial charge on any atom is 0.0701 e. The van der Waals surface area contributed by atoms with E-state index >= 15 is 0 Å². The van der Waals surface area contributed by atoms with E-state index in [0.717, 1.165) is 13.1 Å². The van der Waals surface area contributed by atoms with Crippen molar-refractivity contribution >= 4 is 0 Å². The molecule has 0 radical (unpaired) electrons. The maximum atomic E-state index is 8.47. The summed E-state index contributed by atoms with van der Waals surface area (Å²) in [6.07, 6.45) is 0. The van der Waals surface area contributed by atoms with Gasteiger partial charge in [-0.15, -0.1) is 0 Å². The summed E-state index contributed by atoms with van der Waals surface area (Å²) in [7, 11) is 0. The molecule has 0 aliphatic rings. The van der Waals surface area contributed by atoms with Crippen LogP contribution in [0, 0.1) is 0 Å². The van der Waals surface area contributed by atoms with E-state index in [1.165, 1.54) is 0 Å². The minimum absolute atomic E-state index is 0.0428. The van der Waals surface area contributed by atoms with Crippen LogP contribution in [0.15, 0.2) is 0 Å². The topological polar surface area (TPSA) is 89.4 Å². The fourth-order valence-electron chi connectivity index (χ4n) is 1.19. The molecule has 0 amide bonds. The Balaban J connectivity index is 2.88. The van der Waals surface area contributed by atoms with Crippen molar-refractivity contribution in [1.82, 2.24) is 5.32 Å². The third-order valence-electron chi connectivity index (χ3n) is 2.06. The molecule has 0 unspecified atom stereocenters. The molecule has 7 heteroatoms. The third kappa shape index (κ3) is 17.7. The normalized spacial score (nSPS) is 11.1. The lowest BCUT2D eigenvalue weighted by molar-refractivity contribution is 0.00801. The fourth-order valence-corrected chi connectivity index (χ4v) is 1.19. The summed E-state index contributed by atoms with van der Waals surface area (Å²) in [6.45, 7) is 5.71. The molecule has 3 N–H and O–H groups in total. The lowest BCUT2D eigenvalue weighted by Gasteiger charge is -2.07. The lowest BCUT2D eigenvalue weighted by Crippen LogP contribution is -2.25. The molecule has 19 heavy (non-hydrogen) atoms. The molecule has 0 bridgehead atoms. The van der Waals surface area contributed by atoms with Crippen molar-refractivity contribution in [3.8, 4) is 0 Å². The lowest BCUT2D eigenvalue weighted by atomic mass is 10.6. The number of hydrogen-bond acceptors (Lipinski definition) is 7. The predicted octanol–water partition coefficient (Wildman–Crippen LogP) is -1.37. The molecular formula is C12H27NO6. The van der Waals surface area contributed by atoms with Gasteiger partial charge in [0.05, 0.1) is 66.1 Å². The Bertz CT molecular complexity index is 145. The van der Waals surface area contributed by atoms with Gasteiger partial charge >= 0.3 is 0 Å². The van der Waals surface area contributed by atoms with E-state index in [2.05, 4.69) is 5.32 Å². The van der Waals surface area contributed by atoms with Crippen LogP contribution in [0.2, 0.25) is 0 Å². The molecule has 0 spiro atoms. The highest BCUT2D eigenvalue weighted by molar-refractivity contribution is 4.45. The average Bonchev–Trinajstić information content (AvgIpc) is 2.43. The smallest absolute Gasteiger partial charge is 0.0701 e. The minimum Gasteiger partial charge on any atom is -0.394 e. The van der Waals surface area contributed by atoms with Crippen LogP contribution in [-0.4, -0.2) is 89.4 Å². The zero-order valence-electron chi connectivity index (χ0n) is 11.5. The first-order valence-electron chi connectivity index (χ1n) is 6.65. The molecule has 116 valence electrons. The summed E-state index contributed by atoms with van der Waals surface area (Å²) in [5.41, 5.74) is 0. The van der Waals surface area contributed by atoms with E-state index in [0.29, 0.717) is 52.9 Å². The first-order valence-corrected chi connectivity index (χ1v) is 6.65. The highest BCUT2D eigenvalue weighted by Crippen LogP contribution is 1.81. The van der Waals surface area contributed by atoms with Crippen LogP contribution in [0.25, 0.3) is 0 Å². The monoisotopic (exact) mass is 281 g/mol. The molecule has 7 nitrogen and oxygen atoms in total. The first kappa shape index (κ1) is 18.7. The molecule has 0 aromatic heterocycles. The van der Waals surface area contributed by atoms with Gasteiger partial charge in [0, 0.05) is 13.1 Å². The number of rotatable bonds is 16. The molecule has 0 aliphatic carbocycles. The van der Waals surface area contributed by atoms with Gasteiger partial charge in [-0.2, -0.15) is 0 Å². The average molecular weight is 281 g/mol. The molecule has 0 aliphatic heterocycles. The Morgan fingerprint density at radius 1 is 0.526 bits per heavy atom. The van der Waals surface area contributed by atoms with Crippen molar-refractivity contribution < 1.29 is 29.2 Å². The van der Waals surface area contributed by atoms with Crippen LogP contribution >= 0.6 is 0 Å². The van der Waals surface area contributed by atoms with Crippen molar-refractivity contribution in [2.24, 2.45) is 0 Å². The van der Waals surface area contributed by atoms with Crippen LogP contribution < -0.4 is 5.32 Å². The van der Waals surface area contributed by atoms with E-state index in [4.69, 9.17) is 29.2 Å². The Hall–Kier alpha value is -0.280. The van der Waals surface area contributed by atoms with Gasteiger partial charge in [-0.25, -0.2) is 0 Å². The number of nitrogens with one attached hydrogen (secondary N) is 1. The molecule has 0 aromatic carbocycles. The van der Waals surface area contributed by atoms with Crippen LogP contribution in [0.4, 0.5) is 0 Å². The maximum absolute atomic E-state index is 8.47.